The monoisotopic (exact) mass is 271 g/mol. The molecule has 1 amide bonds. The fraction of sp³-hybridized carbons (Fsp3) is 0.200. The van der Waals surface area contributed by atoms with Crippen molar-refractivity contribution >= 4 is 40.8 Å². The standard InChI is InChI=1S/C10H7Cl2N3O2/c11-4-1-2-5-7(8(4)12)9(17)15-3-6(16)14-10(15)13-5/h1-2,9,17H,3H2,(H,13,14,16). The van der Waals surface area contributed by atoms with Crippen molar-refractivity contribution in [1.29, 1.82) is 0 Å². The van der Waals surface area contributed by atoms with E-state index < -0.39 is 6.23 Å². The number of guanidine groups is 1. The minimum Gasteiger partial charge on any atom is -0.369 e. The number of fused-ring (bicyclic) bond motifs is 2. The largest absolute Gasteiger partial charge is 0.369 e. The first kappa shape index (κ1) is 10.8. The zero-order valence-corrected chi connectivity index (χ0v) is 9.96. The molecule has 0 spiro atoms. The van der Waals surface area contributed by atoms with Gasteiger partial charge in [-0.3, -0.25) is 10.1 Å². The Labute approximate surface area is 107 Å². The Balaban J connectivity index is 2.19. The number of amides is 1. The van der Waals surface area contributed by atoms with Crippen LogP contribution in [0.1, 0.15) is 11.8 Å². The quantitative estimate of drug-likeness (QED) is 0.750. The highest BCUT2D eigenvalue weighted by atomic mass is 35.5. The van der Waals surface area contributed by atoms with Crippen LogP contribution in [0.15, 0.2) is 17.1 Å². The maximum Gasteiger partial charge on any atom is 0.246 e. The molecule has 1 unspecified atom stereocenters. The van der Waals surface area contributed by atoms with E-state index in [1.54, 1.807) is 12.1 Å². The van der Waals surface area contributed by atoms with Crippen LogP contribution in [0.5, 0.6) is 0 Å². The lowest BCUT2D eigenvalue weighted by Gasteiger charge is -2.29. The Hall–Kier alpha value is -1.30. The zero-order valence-electron chi connectivity index (χ0n) is 8.44. The molecular formula is C10H7Cl2N3O2. The smallest absolute Gasteiger partial charge is 0.246 e. The van der Waals surface area contributed by atoms with Gasteiger partial charge in [0.25, 0.3) is 0 Å². The summed E-state index contributed by atoms with van der Waals surface area (Å²) in [5.41, 5.74) is 0.944. The first-order valence-electron chi connectivity index (χ1n) is 4.89. The zero-order chi connectivity index (χ0) is 12.2. The van der Waals surface area contributed by atoms with E-state index in [-0.39, 0.29) is 17.5 Å². The number of rotatable bonds is 0. The fourth-order valence-electron chi connectivity index (χ4n) is 1.93. The molecule has 1 aromatic rings. The van der Waals surface area contributed by atoms with Gasteiger partial charge in [-0.15, -0.1) is 0 Å². The average Bonchev–Trinajstić information content (AvgIpc) is 2.65. The van der Waals surface area contributed by atoms with Gasteiger partial charge in [0.2, 0.25) is 11.9 Å². The molecule has 2 aliphatic heterocycles. The Morgan fingerprint density at radius 3 is 3.00 bits per heavy atom. The van der Waals surface area contributed by atoms with Gasteiger partial charge >= 0.3 is 0 Å². The van der Waals surface area contributed by atoms with Crippen molar-refractivity contribution in [3.05, 3.63) is 27.7 Å². The minimum atomic E-state index is -1.01. The van der Waals surface area contributed by atoms with E-state index in [0.717, 1.165) is 0 Å². The summed E-state index contributed by atoms with van der Waals surface area (Å²) in [6.07, 6.45) is -1.01. The number of aliphatic hydroxyl groups excluding tert-OH is 1. The number of halogens is 2. The van der Waals surface area contributed by atoms with Crippen LogP contribution in [-0.2, 0) is 4.79 Å². The fourth-order valence-corrected chi connectivity index (χ4v) is 2.35. The van der Waals surface area contributed by atoms with Crippen molar-refractivity contribution in [3.8, 4) is 0 Å². The molecule has 0 aliphatic carbocycles. The van der Waals surface area contributed by atoms with Gasteiger partial charge in [0.05, 0.1) is 15.7 Å². The SMILES string of the molecule is O=C1CN2C(=Nc3ccc(Cl)c(Cl)c3C2O)N1. The number of hydrogen-bond acceptors (Lipinski definition) is 4. The summed E-state index contributed by atoms with van der Waals surface area (Å²) in [4.78, 5) is 16.9. The maximum atomic E-state index is 11.3. The lowest BCUT2D eigenvalue weighted by Crippen LogP contribution is -2.36. The summed E-state index contributed by atoms with van der Waals surface area (Å²) in [6, 6.07) is 3.26. The van der Waals surface area contributed by atoms with Gasteiger partial charge < -0.3 is 10.0 Å². The van der Waals surface area contributed by atoms with Gasteiger partial charge in [0, 0.05) is 5.56 Å². The molecule has 17 heavy (non-hydrogen) atoms. The van der Waals surface area contributed by atoms with E-state index in [9.17, 15) is 9.90 Å². The van der Waals surface area contributed by atoms with Crippen LogP contribution in [0.3, 0.4) is 0 Å². The molecule has 0 radical (unpaired) electrons. The molecule has 2 N–H and O–H groups in total. The molecule has 0 aromatic heterocycles. The van der Waals surface area contributed by atoms with Gasteiger partial charge in [-0.2, -0.15) is 0 Å². The molecule has 1 saturated heterocycles. The van der Waals surface area contributed by atoms with Gasteiger partial charge in [0.15, 0.2) is 6.23 Å². The first-order chi connectivity index (χ1) is 8.08. The Morgan fingerprint density at radius 2 is 2.24 bits per heavy atom. The number of hydrogen-bond donors (Lipinski definition) is 2. The number of nitrogens with one attached hydrogen (secondary N) is 1. The second-order valence-electron chi connectivity index (χ2n) is 3.78. The lowest BCUT2D eigenvalue weighted by atomic mass is 10.1. The summed E-state index contributed by atoms with van der Waals surface area (Å²) < 4.78 is 0. The predicted molar refractivity (Wildman–Crippen MR) is 63.4 cm³/mol. The first-order valence-corrected chi connectivity index (χ1v) is 5.64. The van der Waals surface area contributed by atoms with Crippen molar-refractivity contribution in [1.82, 2.24) is 10.2 Å². The predicted octanol–water partition coefficient (Wildman–Crippen LogP) is 1.42. The van der Waals surface area contributed by atoms with Gasteiger partial charge in [-0.05, 0) is 12.1 Å². The Morgan fingerprint density at radius 1 is 1.47 bits per heavy atom. The molecule has 3 rings (SSSR count). The third-order valence-electron chi connectivity index (χ3n) is 2.73. The minimum absolute atomic E-state index is 0.0578. The third kappa shape index (κ3) is 1.50. The molecule has 2 heterocycles. The molecule has 0 bridgehead atoms. The molecule has 7 heteroatoms. The van der Waals surface area contributed by atoms with Crippen LogP contribution in [-0.4, -0.2) is 28.4 Å². The molecule has 1 aromatic carbocycles. The van der Waals surface area contributed by atoms with Crippen molar-refractivity contribution in [3.63, 3.8) is 0 Å². The van der Waals surface area contributed by atoms with E-state index in [2.05, 4.69) is 10.3 Å². The number of benzene rings is 1. The van der Waals surface area contributed by atoms with Gasteiger partial charge in [0.1, 0.15) is 6.54 Å². The second kappa shape index (κ2) is 3.60. The molecule has 2 aliphatic rings. The topological polar surface area (TPSA) is 64.9 Å². The highest BCUT2D eigenvalue weighted by molar-refractivity contribution is 6.42. The number of aliphatic imine (C=N–C) groups is 1. The van der Waals surface area contributed by atoms with Gasteiger partial charge in [-0.1, -0.05) is 23.2 Å². The summed E-state index contributed by atoms with van der Waals surface area (Å²) in [5.74, 6) is 0.131. The number of carbonyl (C=O) groups excluding carboxylic acids is 1. The molecule has 5 nitrogen and oxygen atoms in total. The van der Waals surface area contributed by atoms with Gasteiger partial charge in [-0.25, -0.2) is 4.99 Å². The molecule has 0 saturated carbocycles. The van der Waals surface area contributed by atoms with Crippen LogP contribution in [0.25, 0.3) is 0 Å². The Kier molecular flexibility index (Phi) is 2.29. The van der Waals surface area contributed by atoms with Crippen LogP contribution >= 0.6 is 23.2 Å². The number of nitrogens with zero attached hydrogens (tertiary/aromatic N) is 2. The number of carbonyl (C=O) groups is 1. The highest BCUT2D eigenvalue weighted by Gasteiger charge is 2.37. The molecular weight excluding hydrogens is 265 g/mol. The van der Waals surface area contributed by atoms with E-state index in [4.69, 9.17) is 23.2 Å². The number of aliphatic hydroxyl groups is 1. The summed E-state index contributed by atoms with van der Waals surface area (Å²) in [5, 5.41) is 13.3. The van der Waals surface area contributed by atoms with Crippen LogP contribution in [0.4, 0.5) is 5.69 Å². The van der Waals surface area contributed by atoms with E-state index in [0.29, 0.717) is 22.2 Å². The molecule has 1 fully saturated rings. The maximum absolute atomic E-state index is 11.3. The van der Waals surface area contributed by atoms with E-state index in [1.165, 1.54) is 4.90 Å². The second-order valence-corrected chi connectivity index (χ2v) is 4.56. The van der Waals surface area contributed by atoms with E-state index >= 15 is 0 Å². The molecule has 1 atom stereocenters. The average molecular weight is 272 g/mol. The normalized spacial score (nSPS) is 21.8. The molecule has 88 valence electrons. The van der Waals surface area contributed by atoms with E-state index in [1.807, 2.05) is 0 Å². The third-order valence-corrected chi connectivity index (χ3v) is 3.55. The van der Waals surface area contributed by atoms with Crippen LogP contribution in [0, 0.1) is 0 Å². The Bertz CT molecular complexity index is 559. The van der Waals surface area contributed by atoms with Crippen molar-refractivity contribution < 1.29 is 9.90 Å². The van der Waals surface area contributed by atoms with Crippen molar-refractivity contribution in [2.75, 3.05) is 6.54 Å². The summed E-state index contributed by atoms with van der Waals surface area (Å²) in [7, 11) is 0. The lowest BCUT2D eigenvalue weighted by molar-refractivity contribution is -0.119. The summed E-state index contributed by atoms with van der Waals surface area (Å²) >= 11 is 11.9. The highest BCUT2D eigenvalue weighted by Crippen LogP contribution is 2.41. The van der Waals surface area contributed by atoms with Crippen LogP contribution < -0.4 is 5.32 Å². The van der Waals surface area contributed by atoms with Crippen LogP contribution in [0.2, 0.25) is 10.0 Å². The van der Waals surface area contributed by atoms with Crippen molar-refractivity contribution in [2.45, 2.75) is 6.23 Å². The summed E-state index contributed by atoms with van der Waals surface area (Å²) in [6.45, 7) is 0.0578. The van der Waals surface area contributed by atoms with Crippen molar-refractivity contribution in [2.24, 2.45) is 4.99 Å².